The summed E-state index contributed by atoms with van der Waals surface area (Å²) in [4.78, 5) is 25.7. The number of esters is 1. The van der Waals surface area contributed by atoms with Crippen molar-refractivity contribution in [3.8, 4) is 0 Å². The number of ether oxygens (including phenoxy) is 2. The zero-order chi connectivity index (χ0) is 19.9. The highest BCUT2D eigenvalue weighted by atomic mass is 19.1. The summed E-state index contributed by atoms with van der Waals surface area (Å²) in [5.74, 6) is -1.62. The first-order valence-corrected chi connectivity index (χ1v) is 9.13. The van der Waals surface area contributed by atoms with Crippen LogP contribution in [0.3, 0.4) is 0 Å². The number of rotatable bonds is 6. The van der Waals surface area contributed by atoms with E-state index in [1.54, 1.807) is 0 Å². The molecule has 1 aliphatic heterocycles. The summed E-state index contributed by atoms with van der Waals surface area (Å²) >= 11 is 0. The van der Waals surface area contributed by atoms with Crippen LogP contribution >= 0.6 is 0 Å². The highest BCUT2D eigenvalue weighted by molar-refractivity contribution is 5.93. The van der Waals surface area contributed by atoms with E-state index in [-0.39, 0.29) is 24.0 Å². The molecular formula is C21H23FN2O4. The first-order valence-electron chi connectivity index (χ1n) is 9.13. The van der Waals surface area contributed by atoms with Crippen molar-refractivity contribution < 1.29 is 23.5 Å². The summed E-state index contributed by atoms with van der Waals surface area (Å²) in [5.41, 5.74) is 1.34. The largest absolute Gasteiger partial charge is 0.459 e. The number of anilines is 1. The van der Waals surface area contributed by atoms with Crippen molar-refractivity contribution in [2.24, 2.45) is 0 Å². The van der Waals surface area contributed by atoms with Gasteiger partial charge in [-0.25, -0.2) is 9.18 Å². The Labute approximate surface area is 163 Å². The number of halogens is 1. The van der Waals surface area contributed by atoms with Gasteiger partial charge in [0.15, 0.2) is 0 Å². The number of nitrogens with one attached hydrogen (secondary N) is 1. The maximum atomic E-state index is 13.7. The number of carbonyl (C=O) groups is 2. The van der Waals surface area contributed by atoms with E-state index in [9.17, 15) is 14.0 Å². The Balaban J connectivity index is 1.53. The van der Waals surface area contributed by atoms with Gasteiger partial charge in [0.1, 0.15) is 18.5 Å². The predicted octanol–water partition coefficient (Wildman–Crippen LogP) is 2.84. The molecule has 28 heavy (non-hydrogen) atoms. The number of carbonyl (C=O) groups excluding carboxylic acids is 2. The highest BCUT2D eigenvalue weighted by Gasteiger charge is 2.22. The highest BCUT2D eigenvalue weighted by Crippen LogP contribution is 2.17. The van der Waals surface area contributed by atoms with E-state index in [0.29, 0.717) is 13.2 Å². The third-order valence-electron chi connectivity index (χ3n) is 4.38. The molecule has 3 rings (SSSR count). The smallest absolute Gasteiger partial charge is 0.338 e. The fourth-order valence-corrected chi connectivity index (χ4v) is 3.06. The average molecular weight is 386 g/mol. The Hall–Kier alpha value is -2.77. The van der Waals surface area contributed by atoms with Crippen molar-refractivity contribution in [2.75, 3.05) is 31.6 Å². The van der Waals surface area contributed by atoms with Crippen molar-refractivity contribution in [3.63, 3.8) is 0 Å². The van der Waals surface area contributed by atoms with Gasteiger partial charge in [-0.1, -0.05) is 30.3 Å². The van der Waals surface area contributed by atoms with Crippen molar-refractivity contribution in [2.45, 2.75) is 19.6 Å². The van der Waals surface area contributed by atoms with Gasteiger partial charge in [-0.15, -0.1) is 0 Å². The monoisotopic (exact) mass is 386 g/mol. The predicted molar refractivity (Wildman–Crippen MR) is 102 cm³/mol. The molecule has 2 aromatic carbocycles. The lowest BCUT2D eigenvalue weighted by Gasteiger charge is -2.32. The third kappa shape index (κ3) is 5.61. The van der Waals surface area contributed by atoms with E-state index in [2.05, 4.69) is 22.3 Å². The lowest BCUT2D eigenvalue weighted by molar-refractivity contribution is -0.114. The van der Waals surface area contributed by atoms with E-state index in [4.69, 9.17) is 9.47 Å². The number of amides is 1. The van der Waals surface area contributed by atoms with Crippen LogP contribution < -0.4 is 5.32 Å². The van der Waals surface area contributed by atoms with Crippen molar-refractivity contribution in [1.29, 1.82) is 0 Å². The summed E-state index contributed by atoms with van der Waals surface area (Å²) in [5, 5.41) is 2.35. The molecule has 0 aromatic heterocycles. The van der Waals surface area contributed by atoms with E-state index < -0.39 is 17.7 Å². The minimum atomic E-state index is -0.612. The fraction of sp³-hybridized carbons (Fsp3) is 0.333. The Morgan fingerprint density at radius 3 is 2.79 bits per heavy atom. The Bertz CT molecular complexity index is 828. The zero-order valence-electron chi connectivity index (χ0n) is 15.7. The van der Waals surface area contributed by atoms with Gasteiger partial charge in [0.25, 0.3) is 0 Å². The number of benzene rings is 2. The fourth-order valence-electron chi connectivity index (χ4n) is 3.06. The zero-order valence-corrected chi connectivity index (χ0v) is 15.7. The summed E-state index contributed by atoms with van der Waals surface area (Å²) in [6.07, 6.45) is -0.225. The topological polar surface area (TPSA) is 67.9 Å². The quantitative estimate of drug-likeness (QED) is 0.774. The van der Waals surface area contributed by atoms with Crippen LogP contribution in [0.15, 0.2) is 48.5 Å². The molecule has 148 valence electrons. The van der Waals surface area contributed by atoms with E-state index in [0.717, 1.165) is 19.2 Å². The molecular weight excluding hydrogens is 363 g/mol. The van der Waals surface area contributed by atoms with E-state index >= 15 is 0 Å². The molecule has 2 aromatic rings. The summed E-state index contributed by atoms with van der Waals surface area (Å²) in [6.45, 7) is 4.23. The number of hydrogen-bond donors (Lipinski definition) is 1. The Morgan fingerprint density at radius 2 is 2.04 bits per heavy atom. The van der Waals surface area contributed by atoms with Gasteiger partial charge < -0.3 is 14.8 Å². The number of nitrogens with zero attached hydrogens (tertiary/aromatic N) is 1. The molecule has 0 bridgehead atoms. The Morgan fingerprint density at radius 1 is 1.25 bits per heavy atom. The maximum Gasteiger partial charge on any atom is 0.338 e. The van der Waals surface area contributed by atoms with Crippen LogP contribution in [0.2, 0.25) is 0 Å². The van der Waals surface area contributed by atoms with Gasteiger partial charge in [-0.05, 0) is 23.8 Å². The van der Waals surface area contributed by atoms with E-state index in [1.807, 2.05) is 18.2 Å². The lowest BCUT2D eigenvalue weighted by atomic mass is 10.2. The van der Waals surface area contributed by atoms with E-state index in [1.165, 1.54) is 24.6 Å². The normalized spacial score (nSPS) is 17.1. The number of morpholine rings is 1. The van der Waals surface area contributed by atoms with Crippen LogP contribution in [-0.4, -0.2) is 49.2 Å². The van der Waals surface area contributed by atoms with Crippen LogP contribution in [0.25, 0.3) is 0 Å². The van der Waals surface area contributed by atoms with Crippen LogP contribution in [0.1, 0.15) is 22.8 Å². The molecule has 6 nitrogen and oxygen atoms in total. The lowest BCUT2D eigenvalue weighted by Crippen LogP contribution is -2.44. The second kappa shape index (κ2) is 9.43. The molecule has 0 spiro atoms. The van der Waals surface area contributed by atoms with Gasteiger partial charge in [0, 0.05) is 26.6 Å². The van der Waals surface area contributed by atoms with Crippen LogP contribution in [-0.2, 0) is 20.8 Å². The second-order valence-corrected chi connectivity index (χ2v) is 6.69. The van der Waals surface area contributed by atoms with Gasteiger partial charge in [0.05, 0.1) is 17.9 Å². The molecule has 1 aliphatic rings. The van der Waals surface area contributed by atoms with Crippen molar-refractivity contribution in [3.05, 3.63) is 65.5 Å². The summed E-state index contributed by atoms with van der Waals surface area (Å²) in [6, 6.07) is 13.9. The molecule has 1 atom stereocenters. The molecule has 1 heterocycles. The molecule has 1 amide bonds. The molecule has 1 saturated heterocycles. The molecule has 1 N–H and O–H groups in total. The molecule has 0 saturated carbocycles. The SMILES string of the molecule is CC(=O)Nc1cc(C(=O)OCC2CN(Cc3ccccc3)CCO2)ccc1F. The maximum absolute atomic E-state index is 13.7. The number of hydrogen-bond acceptors (Lipinski definition) is 5. The van der Waals surface area contributed by atoms with Gasteiger partial charge in [-0.2, -0.15) is 0 Å². The molecule has 0 aliphatic carbocycles. The minimum absolute atomic E-state index is 0.0510. The first-order chi connectivity index (χ1) is 13.5. The summed E-state index contributed by atoms with van der Waals surface area (Å²) < 4.78 is 24.7. The first kappa shape index (κ1) is 20.0. The van der Waals surface area contributed by atoms with Crippen LogP contribution in [0.5, 0.6) is 0 Å². The van der Waals surface area contributed by atoms with Crippen LogP contribution in [0.4, 0.5) is 10.1 Å². The molecule has 1 unspecified atom stereocenters. The third-order valence-corrected chi connectivity index (χ3v) is 4.38. The Kier molecular flexibility index (Phi) is 6.73. The average Bonchev–Trinajstić information content (AvgIpc) is 2.68. The van der Waals surface area contributed by atoms with Crippen LogP contribution in [0, 0.1) is 5.82 Å². The molecule has 7 heteroatoms. The van der Waals surface area contributed by atoms with Gasteiger partial charge in [0.2, 0.25) is 5.91 Å². The molecule has 1 fully saturated rings. The standard InChI is InChI=1S/C21H23FN2O4/c1-15(25)23-20-11-17(7-8-19(20)22)21(26)28-14-18-13-24(9-10-27-18)12-16-5-3-2-4-6-16/h2-8,11,18H,9-10,12-14H2,1H3,(H,23,25). The van der Waals surface area contributed by atoms with Crippen molar-refractivity contribution >= 4 is 17.6 Å². The van der Waals surface area contributed by atoms with Gasteiger partial charge >= 0.3 is 5.97 Å². The molecule has 0 radical (unpaired) electrons. The summed E-state index contributed by atoms with van der Waals surface area (Å²) in [7, 11) is 0. The van der Waals surface area contributed by atoms with Gasteiger partial charge in [-0.3, -0.25) is 9.69 Å². The second-order valence-electron chi connectivity index (χ2n) is 6.69. The minimum Gasteiger partial charge on any atom is -0.459 e. The van der Waals surface area contributed by atoms with Crippen molar-refractivity contribution in [1.82, 2.24) is 4.90 Å².